The van der Waals surface area contributed by atoms with Crippen LogP contribution in [0, 0.1) is 0 Å². The molecule has 1 aliphatic rings. The molecule has 0 saturated heterocycles. The predicted octanol–water partition coefficient (Wildman–Crippen LogP) is 1.39. The topological polar surface area (TPSA) is 58.7 Å². The highest BCUT2D eigenvalue weighted by molar-refractivity contribution is 6.34. The third-order valence-electron chi connectivity index (χ3n) is 2.15. The van der Waals surface area contributed by atoms with Crippen molar-refractivity contribution in [2.24, 2.45) is 10.8 Å². The van der Waals surface area contributed by atoms with Gasteiger partial charge in [-0.3, -0.25) is 4.79 Å². The van der Waals surface area contributed by atoms with Crippen molar-refractivity contribution >= 4 is 28.9 Å². The number of hydrogen-bond donors (Lipinski definition) is 1. The molecule has 0 atom stereocenters. The van der Waals surface area contributed by atoms with Crippen LogP contribution in [-0.4, -0.2) is 18.2 Å². The lowest BCUT2D eigenvalue weighted by atomic mass is 10.2. The van der Waals surface area contributed by atoms with Crippen LogP contribution in [0.2, 0.25) is 5.02 Å². The van der Waals surface area contributed by atoms with Crippen molar-refractivity contribution in [2.75, 3.05) is 11.6 Å². The number of nitrogens with zero attached hydrogens (tertiary/aromatic N) is 2. The molecule has 0 saturated carbocycles. The van der Waals surface area contributed by atoms with Crippen molar-refractivity contribution in [1.29, 1.82) is 0 Å². The summed E-state index contributed by atoms with van der Waals surface area (Å²) in [6.07, 6.45) is 0.279. The Morgan fingerprint density at radius 1 is 1.47 bits per heavy atom. The maximum Gasteiger partial charge on any atom is 0.253 e. The lowest BCUT2D eigenvalue weighted by Crippen LogP contribution is -2.19. The summed E-state index contributed by atoms with van der Waals surface area (Å²) in [5, 5.41) is 5.93. The second-order valence-electron chi connectivity index (χ2n) is 3.20. The second-order valence-corrected chi connectivity index (χ2v) is 3.61. The fourth-order valence-electron chi connectivity index (χ4n) is 1.41. The molecule has 1 aromatic carbocycles. The van der Waals surface area contributed by atoms with E-state index in [0.717, 1.165) is 0 Å². The number of anilines is 1. The Bertz CT molecular complexity index is 430. The molecule has 0 bridgehead atoms. The Labute approximate surface area is 92.3 Å². The van der Waals surface area contributed by atoms with Gasteiger partial charge >= 0.3 is 0 Å². The zero-order valence-corrected chi connectivity index (χ0v) is 8.74. The molecule has 0 spiro atoms. The Kier molecular flexibility index (Phi) is 2.70. The molecule has 0 fully saturated rings. The van der Waals surface area contributed by atoms with Gasteiger partial charge in [-0.25, -0.2) is 0 Å². The van der Waals surface area contributed by atoms with Gasteiger partial charge in [-0.2, -0.15) is 10.1 Å². The minimum absolute atomic E-state index is 0.0939. The van der Waals surface area contributed by atoms with Gasteiger partial charge in [0.05, 0.1) is 22.8 Å². The Balaban J connectivity index is 2.36. The van der Waals surface area contributed by atoms with Crippen LogP contribution in [0.25, 0.3) is 0 Å². The predicted molar refractivity (Wildman–Crippen MR) is 60.0 cm³/mol. The number of amides is 1. The smallest absolute Gasteiger partial charge is 0.253 e. The summed E-state index contributed by atoms with van der Waals surface area (Å²) in [4.78, 5) is 11.6. The van der Waals surface area contributed by atoms with E-state index in [1.165, 1.54) is 5.01 Å². The molecule has 78 valence electrons. The highest BCUT2D eigenvalue weighted by atomic mass is 35.5. The Morgan fingerprint density at radius 2 is 2.20 bits per heavy atom. The van der Waals surface area contributed by atoms with Crippen LogP contribution in [0.4, 0.5) is 5.69 Å². The number of hydrazone groups is 1. The number of halogens is 1. The van der Waals surface area contributed by atoms with Crippen LogP contribution in [0.1, 0.15) is 6.42 Å². The summed E-state index contributed by atoms with van der Waals surface area (Å²) in [6.45, 7) is 0.298. The first-order chi connectivity index (χ1) is 7.22. The van der Waals surface area contributed by atoms with Crippen LogP contribution >= 0.6 is 11.6 Å². The first-order valence-corrected chi connectivity index (χ1v) is 4.94. The van der Waals surface area contributed by atoms with Crippen molar-refractivity contribution in [2.45, 2.75) is 6.42 Å². The summed E-state index contributed by atoms with van der Waals surface area (Å²) in [6, 6.07) is 7.09. The molecule has 5 heteroatoms. The molecule has 1 amide bonds. The molecule has 1 aliphatic heterocycles. The van der Waals surface area contributed by atoms with Crippen molar-refractivity contribution in [3.05, 3.63) is 29.3 Å². The van der Waals surface area contributed by atoms with Crippen LogP contribution in [0.15, 0.2) is 29.4 Å². The molecule has 2 N–H and O–H groups in total. The van der Waals surface area contributed by atoms with E-state index in [-0.39, 0.29) is 12.3 Å². The van der Waals surface area contributed by atoms with Crippen molar-refractivity contribution < 1.29 is 4.79 Å². The minimum Gasteiger partial charge on any atom is -0.325 e. The maximum atomic E-state index is 11.6. The number of rotatable bonds is 2. The average molecular weight is 224 g/mol. The molecule has 0 aromatic heterocycles. The highest BCUT2D eigenvalue weighted by Gasteiger charge is 2.25. The van der Waals surface area contributed by atoms with Gasteiger partial charge in [0.15, 0.2) is 0 Å². The first kappa shape index (κ1) is 10.1. The van der Waals surface area contributed by atoms with Gasteiger partial charge in [0.25, 0.3) is 5.91 Å². The molecule has 0 aliphatic carbocycles. The Morgan fingerprint density at radius 3 is 2.80 bits per heavy atom. The Hall–Kier alpha value is -1.39. The van der Waals surface area contributed by atoms with Crippen molar-refractivity contribution in [1.82, 2.24) is 0 Å². The summed E-state index contributed by atoms with van der Waals surface area (Å²) in [5.41, 5.74) is 6.72. The normalized spacial score (nSPS) is 15.7. The second kappa shape index (κ2) is 4.00. The number of para-hydroxylation sites is 1. The molecular weight excluding hydrogens is 214 g/mol. The first-order valence-electron chi connectivity index (χ1n) is 4.56. The number of benzene rings is 1. The highest BCUT2D eigenvalue weighted by Crippen LogP contribution is 2.28. The third kappa shape index (κ3) is 1.86. The molecule has 1 aromatic rings. The molecule has 15 heavy (non-hydrogen) atoms. The quantitative estimate of drug-likeness (QED) is 0.824. The van der Waals surface area contributed by atoms with E-state index < -0.39 is 0 Å². The van der Waals surface area contributed by atoms with E-state index in [4.69, 9.17) is 17.3 Å². The van der Waals surface area contributed by atoms with E-state index in [0.29, 0.717) is 23.0 Å². The van der Waals surface area contributed by atoms with Crippen LogP contribution in [0.3, 0.4) is 0 Å². The maximum absolute atomic E-state index is 11.6. The van der Waals surface area contributed by atoms with E-state index in [2.05, 4.69) is 5.10 Å². The largest absolute Gasteiger partial charge is 0.325 e. The van der Waals surface area contributed by atoms with Gasteiger partial charge in [0, 0.05) is 6.54 Å². The minimum atomic E-state index is -0.0939. The van der Waals surface area contributed by atoms with Crippen LogP contribution in [0.5, 0.6) is 0 Å². The standard InChI is InChI=1S/C10H10ClN3O/c11-8-3-1-2-4-9(8)14-10(15)5-7(6-12)13-14/h1-4H,5-6,12H2. The van der Waals surface area contributed by atoms with Gasteiger partial charge in [0.2, 0.25) is 0 Å². The van der Waals surface area contributed by atoms with E-state index in [1.54, 1.807) is 18.2 Å². The molecular formula is C10H10ClN3O. The van der Waals surface area contributed by atoms with Crippen molar-refractivity contribution in [3.63, 3.8) is 0 Å². The zero-order chi connectivity index (χ0) is 10.8. The zero-order valence-electron chi connectivity index (χ0n) is 7.98. The summed E-state index contributed by atoms with van der Waals surface area (Å²) in [5.74, 6) is -0.0939. The van der Waals surface area contributed by atoms with Gasteiger partial charge < -0.3 is 5.73 Å². The summed E-state index contributed by atoms with van der Waals surface area (Å²) >= 11 is 5.97. The molecule has 2 rings (SSSR count). The summed E-state index contributed by atoms with van der Waals surface area (Å²) in [7, 11) is 0. The SMILES string of the molecule is NCC1=NN(c2ccccc2Cl)C(=O)C1. The number of carbonyl (C=O) groups excluding carboxylic acids is 1. The van der Waals surface area contributed by atoms with E-state index >= 15 is 0 Å². The van der Waals surface area contributed by atoms with E-state index in [1.807, 2.05) is 6.07 Å². The molecule has 4 nitrogen and oxygen atoms in total. The summed E-state index contributed by atoms with van der Waals surface area (Å²) < 4.78 is 0. The molecule has 0 radical (unpaired) electrons. The number of hydrogen-bond acceptors (Lipinski definition) is 3. The molecule has 0 unspecified atom stereocenters. The fraction of sp³-hybridized carbons (Fsp3) is 0.200. The fourth-order valence-corrected chi connectivity index (χ4v) is 1.62. The van der Waals surface area contributed by atoms with E-state index in [9.17, 15) is 4.79 Å². The number of nitrogens with two attached hydrogens (primary N) is 1. The van der Waals surface area contributed by atoms with Crippen LogP contribution < -0.4 is 10.7 Å². The van der Waals surface area contributed by atoms with Gasteiger partial charge in [0.1, 0.15) is 0 Å². The van der Waals surface area contributed by atoms with Gasteiger partial charge in [-0.05, 0) is 12.1 Å². The lowest BCUT2D eigenvalue weighted by molar-refractivity contribution is -0.116. The van der Waals surface area contributed by atoms with Gasteiger partial charge in [-0.15, -0.1) is 0 Å². The van der Waals surface area contributed by atoms with Gasteiger partial charge in [-0.1, -0.05) is 23.7 Å². The van der Waals surface area contributed by atoms with Crippen LogP contribution in [-0.2, 0) is 4.79 Å². The monoisotopic (exact) mass is 223 g/mol. The van der Waals surface area contributed by atoms with Crippen molar-refractivity contribution in [3.8, 4) is 0 Å². The lowest BCUT2D eigenvalue weighted by Gasteiger charge is -2.12. The number of carbonyl (C=O) groups is 1. The molecule has 1 heterocycles. The average Bonchev–Trinajstić information content (AvgIpc) is 2.60. The third-order valence-corrected chi connectivity index (χ3v) is 2.47.